The van der Waals surface area contributed by atoms with E-state index in [1.54, 1.807) is 6.26 Å². The molecule has 4 nitrogen and oxygen atoms in total. The van der Waals surface area contributed by atoms with Crippen LogP contribution in [0.3, 0.4) is 0 Å². The zero-order chi connectivity index (χ0) is 12.3. The first-order valence-electron chi connectivity index (χ1n) is 5.63. The average Bonchev–Trinajstić information content (AvgIpc) is 2.82. The molecule has 0 atom stereocenters. The van der Waals surface area contributed by atoms with Crippen molar-refractivity contribution >= 4 is 17.1 Å². The van der Waals surface area contributed by atoms with Crippen molar-refractivity contribution in [3.05, 3.63) is 42.4 Å². The van der Waals surface area contributed by atoms with Crippen LogP contribution in [0.25, 0.3) is 0 Å². The van der Waals surface area contributed by atoms with E-state index in [-0.39, 0.29) is 0 Å². The highest BCUT2D eigenvalue weighted by molar-refractivity contribution is 5.69. The van der Waals surface area contributed by atoms with Gasteiger partial charge in [-0.15, -0.1) is 0 Å². The predicted molar refractivity (Wildman–Crippen MR) is 70.7 cm³/mol. The number of benzene rings is 1. The smallest absolute Gasteiger partial charge is 0.123 e. The van der Waals surface area contributed by atoms with Gasteiger partial charge in [0, 0.05) is 12.2 Å². The van der Waals surface area contributed by atoms with Crippen LogP contribution in [-0.4, -0.2) is 6.54 Å². The van der Waals surface area contributed by atoms with E-state index >= 15 is 0 Å². The quantitative estimate of drug-likeness (QED) is 0.793. The zero-order valence-electron chi connectivity index (χ0n) is 9.89. The Hall–Kier alpha value is -2.10. The summed E-state index contributed by atoms with van der Waals surface area (Å²) in [6.07, 6.45) is 1.68. The van der Waals surface area contributed by atoms with Crippen molar-refractivity contribution < 1.29 is 4.42 Å². The molecule has 0 saturated heterocycles. The molecule has 90 valence electrons. The second kappa shape index (κ2) is 4.82. The summed E-state index contributed by atoms with van der Waals surface area (Å²) in [5, 5.41) is 0. The molecule has 0 aliphatic rings. The molecule has 4 N–H and O–H groups in total. The highest BCUT2D eigenvalue weighted by Crippen LogP contribution is 2.24. The fourth-order valence-corrected chi connectivity index (χ4v) is 1.74. The first-order chi connectivity index (χ1) is 8.20. The van der Waals surface area contributed by atoms with Gasteiger partial charge in [-0.2, -0.15) is 0 Å². The van der Waals surface area contributed by atoms with Gasteiger partial charge in [-0.3, -0.25) is 0 Å². The molecule has 1 heterocycles. The number of nitrogens with two attached hydrogens (primary N) is 2. The number of hydrogen-bond donors (Lipinski definition) is 2. The Labute approximate surface area is 101 Å². The Balaban J connectivity index is 2.20. The summed E-state index contributed by atoms with van der Waals surface area (Å²) in [5.41, 5.74) is 13.8. The van der Waals surface area contributed by atoms with E-state index in [1.807, 2.05) is 30.3 Å². The summed E-state index contributed by atoms with van der Waals surface area (Å²) in [6.45, 7) is 3.70. The van der Waals surface area contributed by atoms with Gasteiger partial charge in [-0.05, 0) is 37.3 Å². The van der Waals surface area contributed by atoms with E-state index in [9.17, 15) is 0 Å². The van der Waals surface area contributed by atoms with Gasteiger partial charge >= 0.3 is 0 Å². The third-order valence-electron chi connectivity index (χ3n) is 2.74. The van der Waals surface area contributed by atoms with Crippen molar-refractivity contribution in [1.82, 2.24) is 0 Å². The largest absolute Gasteiger partial charge is 0.467 e. The van der Waals surface area contributed by atoms with E-state index in [2.05, 4.69) is 11.8 Å². The Bertz CT molecular complexity index is 479. The predicted octanol–water partition coefficient (Wildman–Crippen LogP) is 2.47. The molecule has 1 aromatic carbocycles. The molecule has 0 radical (unpaired) electrons. The maximum atomic E-state index is 5.81. The Morgan fingerprint density at radius 3 is 2.59 bits per heavy atom. The summed E-state index contributed by atoms with van der Waals surface area (Å²) in [7, 11) is 0. The minimum Gasteiger partial charge on any atom is -0.467 e. The van der Waals surface area contributed by atoms with Gasteiger partial charge in [0.1, 0.15) is 5.76 Å². The molecule has 0 unspecified atom stereocenters. The van der Waals surface area contributed by atoms with E-state index < -0.39 is 0 Å². The standard InChI is InChI=1S/C13H17N3O/c1-2-16(9-11-4-3-7-17-11)10-5-6-12(14)13(15)8-10/h3-8H,2,9,14-15H2,1H3. The van der Waals surface area contributed by atoms with E-state index in [1.165, 1.54) is 0 Å². The maximum absolute atomic E-state index is 5.81. The molecule has 0 aliphatic carbocycles. The van der Waals surface area contributed by atoms with Crippen LogP contribution in [0.1, 0.15) is 12.7 Å². The number of nitrogens with zero attached hydrogens (tertiary/aromatic N) is 1. The number of nitrogen functional groups attached to an aromatic ring is 2. The van der Waals surface area contributed by atoms with E-state index in [0.717, 1.165) is 24.5 Å². The number of anilines is 3. The van der Waals surface area contributed by atoms with Crippen LogP contribution in [0.4, 0.5) is 17.1 Å². The summed E-state index contributed by atoms with van der Waals surface area (Å²) < 4.78 is 5.34. The lowest BCUT2D eigenvalue weighted by atomic mass is 10.2. The summed E-state index contributed by atoms with van der Waals surface area (Å²) in [4.78, 5) is 2.18. The van der Waals surface area contributed by atoms with Crippen LogP contribution in [0.15, 0.2) is 41.0 Å². The van der Waals surface area contributed by atoms with Gasteiger partial charge in [0.15, 0.2) is 0 Å². The molecule has 17 heavy (non-hydrogen) atoms. The third-order valence-corrected chi connectivity index (χ3v) is 2.74. The molecule has 0 spiro atoms. The summed E-state index contributed by atoms with van der Waals surface area (Å²) in [5.74, 6) is 0.933. The fourth-order valence-electron chi connectivity index (χ4n) is 1.74. The van der Waals surface area contributed by atoms with Crippen LogP contribution in [0.2, 0.25) is 0 Å². The Morgan fingerprint density at radius 1 is 1.18 bits per heavy atom. The first kappa shape index (κ1) is 11.4. The molecule has 0 fully saturated rings. The number of hydrogen-bond acceptors (Lipinski definition) is 4. The van der Waals surface area contributed by atoms with Gasteiger partial charge in [0.25, 0.3) is 0 Å². The first-order valence-corrected chi connectivity index (χ1v) is 5.63. The monoisotopic (exact) mass is 231 g/mol. The third kappa shape index (κ3) is 2.53. The number of furan rings is 1. The minimum atomic E-state index is 0.611. The van der Waals surface area contributed by atoms with Crippen LogP contribution in [0.5, 0.6) is 0 Å². The van der Waals surface area contributed by atoms with Crippen molar-refractivity contribution in [2.45, 2.75) is 13.5 Å². The molecule has 0 amide bonds. The molecule has 2 rings (SSSR count). The van der Waals surface area contributed by atoms with E-state index in [4.69, 9.17) is 15.9 Å². The van der Waals surface area contributed by atoms with E-state index in [0.29, 0.717) is 11.4 Å². The molecule has 0 saturated carbocycles. The summed E-state index contributed by atoms with van der Waals surface area (Å²) >= 11 is 0. The molecule has 2 aromatic rings. The summed E-state index contributed by atoms with van der Waals surface area (Å²) in [6, 6.07) is 9.54. The topological polar surface area (TPSA) is 68.4 Å². The molecule has 0 aliphatic heterocycles. The minimum absolute atomic E-state index is 0.611. The average molecular weight is 231 g/mol. The van der Waals surface area contributed by atoms with Crippen LogP contribution < -0.4 is 16.4 Å². The zero-order valence-corrected chi connectivity index (χ0v) is 9.89. The van der Waals surface area contributed by atoms with Gasteiger partial charge < -0.3 is 20.8 Å². The van der Waals surface area contributed by atoms with Gasteiger partial charge in [-0.25, -0.2) is 0 Å². The molecule has 1 aromatic heterocycles. The van der Waals surface area contributed by atoms with Gasteiger partial charge in [0.2, 0.25) is 0 Å². The number of rotatable bonds is 4. The van der Waals surface area contributed by atoms with Crippen molar-refractivity contribution in [3.63, 3.8) is 0 Å². The second-order valence-electron chi connectivity index (χ2n) is 3.91. The van der Waals surface area contributed by atoms with Crippen molar-refractivity contribution in [2.75, 3.05) is 22.9 Å². The van der Waals surface area contributed by atoms with Gasteiger partial charge in [-0.1, -0.05) is 0 Å². The maximum Gasteiger partial charge on any atom is 0.123 e. The molecule has 4 heteroatoms. The van der Waals surface area contributed by atoms with Crippen molar-refractivity contribution in [2.24, 2.45) is 0 Å². The molecule has 0 bridgehead atoms. The highest BCUT2D eigenvalue weighted by Gasteiger charge is 2.08. The van der Waals surface area contributed by atoms with Crippen molar-refractivity contribution in [3.8, 4) is 0 Å². The lowest BCUT2D eigenvalue weighted by Crippen LogP contribution is -2.21. The Morgan fingerprint density at radius 2 is 2.00 bits per heavy atom. The van der Waals surface area contributed by atoms with Crippen molar-refractivity contribution in [1.29, 1.82) is 0 Å². The molecular formula is C13H17N3O. The Kier molecular flexibility index (Phi) is 3.23. The highest BCUT2D eigenvalue weighted by atomic mass is 16.3. The second-order valence-corrected chi connectivity index (χ2v) is 3.91. The molecular weight excluding hydrogens is 214 g/mol. The van der Waals surface area contributed by atoms with Crippen LogP contribution in [-0.2, 0) is 6.54 Å². The lowest BCUT2D eigenvalue weighted by molar-refractivity contribution is 0.503. The SMILES string of the molecule is CCN(Cc1ccco1)c1ccc(N)c(N)c1. The fraction of sp³-hybridized carbons (Fsp3) is 0.231. The van der Waals surface area contributed by atoms with Crippen LogP contribution >= 0.6 is 0 Å². The lowest BCUT2D eigenvalue weighted by Gasteiger charge is -2.22. The normalized spacial score (nSPS) is 10.4. The van der Waals surface area contributed by atoms with Gasteiger partial charge in [0.05, 0.1) is 24.2 Å². The van der Waals surface area contributed by atoms with Crippen LogP contribution in [0, 0.1) is 0 Å².